The van der Waals surface area contributed by atoms with Gasteiger partial charge in [0.2, 0.25) is 10.0 Å². The lowest BCUT2D eigenvalue weighted by atomic mass is 10.3. The van der Waals surface area contributed by atoms with Crippen molar-refractivity contribution in [2.24, 2.45) is 5.14 Å². The molecule has 1 aromatic carbocycles. The quantitative estimate of drug-likeness (QED) is 0.682. The minimum Gasteiger partial charge on any atom is -0.303 e. The van der Waals surface area contributed by atoms with Crippen LogP contribution in [0.5, 0.6) is 0 Å². The average molecular weight is 411 g/mol. The Morgan fingerprint density at radius 2 is 1.75 bits per heavy atom. The lowest BCUT2D eigenvalue weighted by Crippen LogP contribution is -2.20. The molecule has 146 valence electrons. The third-order valence-corrected chi connectivity index (χ3v) is 4.42. The fourth-order valence-electron chi connectivity index (χ4n) is 2.26. The van der Waals surface area contributed by atoms with Crippen LogP contribution >= 0.6 is 0 Å². The summed E-state index contributed by atoms with van der Waals surface area (Å²) in [5.74, 6) is -1.51. The van der Waals surface area contributed by atoms with Gasteiger partial charge in [0.05, 0.1) is 11.9 Å². The molecule has 28 heavy (non-hydrogen) atoms. The monoisotopic (exact) mass is 411 g/mol. The first-order valence-electron chi connectivity index (χ1n) is 7.59. The number of alkyl halides is 3. The molecule has 3 rings (SSSR count). The highest BCUT2D eigenvalue weighted by Gasteiger charge is 2.33. The number of rotatable bonds is 4. The van der Waals surface area contributed by atoms with Gasteiger partial charge in [0.15, 0.2) is 5.82 Å². The summed E-state index contributed by atoms with van der Waals surface area (Å²) in [6.45, 7) is 0. The number of sulfonamides is 1. The van der Waals surface area contributed by atoms with Crippen molar-refractivity contribution in [2.45, 2.75) is 11.1 Å². The van der Waals surface area contributed by atoms with Crippen LogP contribution in [0.2, 0.25) is 0 Å². The van der Waals surface area contributed by atoms with Crippen molar-refractivity contribution < 1.29 is 26.4 Å². The Hall–Kier alpha value is -3.25. The Balaban J connectivity index is 1.98. The van der Waals surface area contributed by atoms with E-state index in [2.05, 4.69) is 15.4 Å². The summed E-state index contributed by atoms with van der Waals surface area (Å²) in [6, 6.07) is 11.1. The molecule has 3 aromatic rings. The van der Waals surface area contributed by atoms with Crippen LogP contribution in [-0.4, -0.2) is 29.1 Å². The van der Waals surface area contributed by atoms with E-state index in [1.54, 1.807) is 30.3 Å². The van der Waals surface area contributed by atoms with Crippen LogP contribution in [0.25, 0.3) is 5.69 Å². The summed E-state index contributed by atoms with van der Waals surface area (Å²) in [5, 5.41) is 11.2. The van der Waals surface area contributed by atoms with Crippen molar-refractivity contribution >= 4 is 21.7 Å². The first-order valence-corrected chi connectivity index (χ1v) is 9.14. The fourth-order valence-corrected chi connectivity index (χ4v) is 2.86. The largest absolute Gasteiger partial charge is 0.433 e. The molecular formula is C16H12F3N5O3S. The summed E-state index contributed by atoms with van der Waals surface area (Å²) in [6.07, 6.45) is -3.66. The zero-order valence-corrected chi connectivity index (χ0v) is 14.7. The second-order valence-electron chi connectivity index (χ2n) is 5.53. The number of hydrogen-bond acceptors (Lipinski definition) is 5. The van der Waals surface area contributed by atoms with Gasteiger partial charge in [-0.3, -0.25) is 4.79 Å². The first-order chi connectivity index (χ1) is 13.1. The number of carbonyl (C=O) groups excluding carboxylic acids is 1. The number of aromatic nitrogens is 3. The van der Waals surface area contributed by atoms with Crippen LogP contribution in [0.4, 0.5) is 19.0 Å². The molecule has 2 heterocycles. The predicted octanol–water partition coefficient (Wildman–Crippen LogP) is 2.19. The van der Waals surface area contributed by atoms with Gasteiger partial charge in [-0.15, -0.1) is 5.10 Å². The Bertz CT molecular complexity index is 1130. The van der Waals surface area contributed by atoms with Crippen LogP contribution in [0.15, 0.2) is 59.6 Å². The molecule has 0 aliphatic heterocycles. The van der Waals surface area contributed by atoms with Gasteiger partial charge in [0.25, 0.3) is 5.91 Å². The lowest BCUT2D eigenvalue weighted by Gasteiger charge is -2.08. The summed E-state index contributed by atoms with van der Waals surface area (Å²) in [4.78, 5) is 15.0. The van der Waals surface area contributed by atoms with E-state index >= 15 is 0 Å². The highest BCUT2D eigenvalue weighted by Crippen LogP contribution is 2.27. The van der Waals surface area contributed by atoms with Gasteiger partial charge in [-0.05, 0) is 24.3 Å². The number of amides is 1. The van der Waals surface area contributed by atoms with Crippen molar-refractivity contribution in [1.82, 2.24) is 14.8 Å². The average Bonchev–Trinajstić information content (AvgIpc) is 3.06. The highest BCUT2D eigenvalue weighted by atomic mass is 32.2. The van der Waals surface area contributed by atoms with E-state index < -0.39 is 44.2 Å². The molecule has 3 N–H and O–H groups in total. The molecule has 12 heteroatoms. The number of primary sulfonamides is 1. The molecule has 1 amide bonds. The number of benzene rings is 1. The molecule has 0 saturated carbocycles. The molecule has 0 bridgehead atoms. The van der Waals surface area contributed by atoms with Gasteiger partial charge in [-0.25, -0.2) is 23.2 Å². The van der Waals surface area contributed by atoms with Crippen molar-refractivity contribution in [1.29, 1.82) is 0 Å². The molecule has 0 fully saturated rings. The van der Waals surface area contributed by atoms with E-state index in [0.29, 0.717) is 11.8 Å². The molecule has 8 nitrogen and oxygen atoms in total. The Morgan fingerprint density at radius 1 is 1.07 bits per heavy atom. The van der Waals surface area contributed by atoms with Gasteiger partial charge < -0.3 is 5.32 Å². The van der Waals surface area contributed by atoms with Crippen molar-refractivity contribution in [2.75, 3.05) is 5.32 Å². The highest BCUT2D eigenvalue weighted by molar-refractivity contribution is 7.89. The second-order valence-corrected chi connectivity index (χ2v) is 7.06. The van der Waals surface area contributed by atoms with Gasteiger partial charge in [-0.1, -0.05) is 24.3 Å². The zero-order chi connectivity index (χ0) is 20.5. The zero-order valence-electron chi connectivity index (χ0n) is 13.9. The van der Waals surface area contributed by atoms with Crippen molar-refractivity contribution in [3.05, 3.63) is 66.1 Å². The molecule has 0 radical (unpaired) electrons. The van der Waals surface area contributed by atoms with Crippen molar-refractivity contribution in [3.8, 4) is 5.69 Å². The smallest absolute Gasteiger partial charge is 0.303 e. The van der Waals surface area contributed by atoms with Crippen LogP contribution in [0.1, 0.15) is 16.2 Å². The number of nitrogens with one attached hydrogen (secondary N) is 1. The van der Waals surface area contributed by atoms with E-state index in [0.717, 1.165) is 23.0 Å². The number of halogens is 3. The van der Waals surface area contributed by atoms with Gasteiger partial charge >= 0.3 is 6.18 Å². The summed E-state index contributed by atoms with van der Waals surface area (Å²) < 4.78 is 63.1. The minimum absolute atomic E-state index is 0.435. The Labute approximate surface area is 156 Å². The van der Waals surface area contributed by atoms with Crippen molar-refractivity contribution in [3.63, 3.8) is 0 Å². The lowest BCUT2D eigenvalue weighted by molar-refractivity contribution is -0.141. The van der Waals surface area contributed by atoms with Crippen LogP contribution in [-0.2, 0) is 16.2 Å². The van der Waals surface area contributed by atoms with E-state index in [4.69, 9.17) is 5.14 Å². The van der Waals surface area contributed by atoms with E-state index in [1.807, 2.05) is 0 Å². The molecular weight excluding hydrogens is 399 g/mol. The standard InChI is InChI=1S/C16H12F3N5O3S/c17-16(18,19)13-8-4-7-11(21-13)15(25)22-14-12(28(20,26)27)9-24(23-14)10-5-2-1-3-6-10/h1-9H,(H2,20,26,27)(H,22,23,25). The van der Waals surface area contributed by atoms with Crippen LogP contribution in [0.3, 0.4) is 0 Å². The van der Waals surface area contributed by atoms with E-state index in [9.17, 15) is 26.4 Å². The van der Waals surface area contributed by atoms with Crippen LogP contribution < -0.4 is 10.5 Å². The van der Waals surface area contributed by atoms with Gasteiger partial charge in [0.1, 0.15) is 16.3 Å². The van der Waals surface area contributed by atoms with Crippen LogP contribution in [0, 0.1) is 0 Å². The maximum atomic E-state index is 12.8. The predicted molar refractivity (Wildman–Crippen MR) is 92.1 cm³/mol. The Kier molecular flexibility index (Phi) is 4.91. The topological polar surface area (TPSA) is 120 Å². The first kappa shape index (κ1) is 19.5. The third-order valence-electron chi connectivity index (χ3n) is 3.51. The number of hydrogen-bond donors (Lipinski definition) is 2. The molecule has 0 aliphatic carbocycles. The van der Waals surface area contributed by atoms with E-state index in [-0.39, 0.29) is 0 Å². The van der Waals surface area contributed by atoms with Gasteiger partial charge in [0, 0.05) is 0 Å². The molecule has 0 aliphatic rings. The number of nitrogens with two attached hydrogens (primary N) is 1. The minimum atomic E-state index is -4.74. The Morgan fingerprint density at radius 3 is 2.36 bits per heavy atom. The molecule has 2 aromatic heterocycles. The third kappa shape index (κ3) is 4.18. The number of pyridine rings is 1. The maximum Gasteiger partial charge on any atom is 0.433 e. The van der Waals surface area contributed by atoms with E-state index in [1.165, 1.54) is 0 Å². The maximum absolute atomic E-state index is 12.8. The number of anilines is 1. The summed E-state index contributed by atoms with van der Waals surface area (Å²) >= 11 is 0. The normalized spacial score (nSPS) is 12.0. The molecule has 0 atom stereocenters. The summed E-state index contributed by atoms with van der Waals surface area (Å²) in [5.41, 5.74) is -1.35. The SMILES string of the molecule is NS(=O)(=O)c1cn(-c2ccccc2)nc1NC(=O)c1cccc(C(F)(F)F)n1. The summed E-state index contributed by atoms with van der Waals surface area (Å²) in [7, 11) is -4.28. The van der Waals surface area contributed by atoms with Gasteiger partial charge in [-0.2, -0.15) is 13.2 Å². The number of nitrogens with zero attached hydrogens (tertiary/aromatic N) is 3. The molecule has 0 spiro atoms. The fraction of sp³-hybridized carbons (Fsp3) is 0.0625. The number of carbonyl (C=O) groups is 1. The molecule has 0 saturated heterocycles. The molecule has 0 unspecified atom stereocenters. The second kappa shape index (κ2) is 7.05. The number of para-hydroxylation sites is 1.